The van der Waals surface area contributed by atoms with E-state index in [4.69, 9.17) is 8.83 Å². The Morgan fingerprint density at radius 3 is 1.41 bits per heavy atom. The van der Waals surface area contributed by atoms with Crippen molar-refractivity contribution in [1.82, 2.24) is 0 Å². The van der Waals surface area contributed by atoms with Crippen molar-refractivity contribution in [2.75, 3.05) is 0 Å². The van der Waals surface area contributed by atoms with E-state index >= 15 is 0 Å². The lowest BCUT2D eigenvalue weighted by molar-refractivity contribution is 0.664. The van der Waals surface area contributed by atoms with Gasteiger partial charge in [0, 0.05) is 21.5 Å². The first kappa shape index (κ1) is 34.5. The van der Waals surface area contributed by atoms with Crippen LogP contribution in [0.2, 0.25) is 0 Å². The first-order chi connectivity index (χ1) is 31.2. The minimum atomic E-state index is -0.446. The molecule has 0 fully saturated rings. The van der Waals surface area contributed by atoms with Crippen molar-refractivity contribution < 1.29 is 8.83 Å². The van der Waals surface area contributed by atoms with Crippen molar-refractivity contribution in [2.24, 2.45) is 0 Å². The quantitative estimate of drug-likeness (QED) is 0.166. The summed E-state index contributed by atoms with van der Waals surface area (Å²) in [7, 11) is 0. The molecule has 0 aliphatic heterocycles. The number of benzene rings is 11. The van der Waals surface area contributed by atoms with Gasteiger partial charge in [-0.3, -0.25) is 0 Å². The van der Waals surface area contributed by atoms with E-state index in [1.807, 2.05) is 12.1 Å². The fraction of sp³-hybridized carbons (Fsp3) is 0.0164. The minimum absolute atomic E-state index is 0.446. The largest absolute Gasteiger partial charge is 0.456 e. The van der Waals surface area contributed by atoms with Crippen LogP contribution in [0, 0.1) is 0 Å². The second-order valence-electron chi connectivity index (χ2n) is 17.1. The number of rotatable bonds is 4. The predicted molar refractivity (Wildman–Crippen MR) is 262 cm³/mol. The van der Waals surface area contributed by atoms with Crippen molar-refractivity contribution in [1.29, 1.82) is 0 Å². The maximum Gasteiger partial charge on any atom is 0.136 e. The zero-order valence-electron chi connectivity index (χ0n) is 34.1. The molecule has 13 aromatic rings. The minimum Gasteiger partial charge on any atom is -0.456 e. The summed E-state index contributed by atoms with van der Waals surface area (Å²) in [4.78, 5) is 0. The molecule has 2 heteroatoms. The molecule has 2 nitrogen and oxygen atoms in total. The molecule has 0 saturated carbocycles. The number of hydrogen-bond acceptors (Lipinski definition) is 2. The van der Waals surface area contributed by atoms with Gasteiger partial charge in [-0.2, -0.15) is 0 Å². The first-order valence-electron chi connectivity index (χ1n) is 21.7. The van der Waals surface area contributed by atoms with Gasteiger partial charge in [-0.05, 0) is 130 Å². The Balaban J connectivity index is 0.940. The van der Waals surface area contributed by atoms with Crippen LogP contribution in [-0.4, -0.2) is 0 Å². The molecule has 11 aromatic carbocycles. The number of furan rings is 2. The van der Waals surface area contributed by atoms with Gasteiger partial charge >= 0.3 is 0 Å². The molecule has 292 valence electrons. The summed E-state index contributed by atoms with van der Waals surface area (Å²) < 4.78 is 12.7. The summed E-state index contributed by atoms with van der Waals surface area (Å²) in [6.45, 7) is 0. The van der Waals surface area contributed by atoms with E-state index in [1.54, 1.807) is 0 Å². The van der Waals surface area contributed by atoms with E-state index in [-0.39, 0.29) is 0 Å². The lowest BCUT2D eigenvalue weighted by Crippen LogP contribution is -2.28. The van der Waals surface area contributed by atoms with Crippen LogP contribution in [0.3, 0.4) is 0 Å². The summed E-state index contributed by atoms with van der Waals surface area (Å²) in [6, 6.07) is 80.1. The molecule has 63 heavy (non-hydrogen) atoms. The highest BCUT2D eigenvalue weighted by molar-refractivity contribution is 6.26. The average molecular weight is 801 g/mol. The summed E-state index contributed by atoms with van der Waals surface area (Å²) in [5, 5.41) is 11.8. The molecule has 1 aliphatic carbocycles. The third kappa shape index (κ3) is 4.78. The highest BCUT2D eigenvalue weighted by Crippen LogP contribution is 2.58. The number of para-hydroxylation sites is 1. The average Bonchev–Trinajstić information content (AvgIpc) is 4.01. The second kappa shape index (κ2) is 12.9. The Bertz CT molecular complexity index is 3960. The second-order valence-corrected chi connectivity index (χ2v) is 17.1. The SMILES string of the molecule is c1ccc(C2(c3ccccc3)c3ccccc3-c3c(-c4ccc5c6ccc(-c7ccc8oc9cc%10c(cc9c8c7)oc7ccccc7%10)cc6c6ccccc6c5c4)cccc32)cc1. The van der Waals surface area contributed by atoms with Crippen LogP contribution in [0.5, 0.6) is 0 Å². The highest BCUT2D eigenvalue weighted by atomic mass is 16.3. The maximum absolute atomic E-state index is 6.44. The Kier molecular flexibility index (Phi) is 7.07. The van der Waals surface area contributed by atoms with Crippen LogP contribution < -0.4 is 0 Å². The lowest BCUT2D eigenvalue weighted by atomic mass is 9.67. The van der Waals surface area contributed by atoms with Crippen molar-refractivity contribution >= 4 is 76.2 Å². The molecular formula is C61H36O2. The van der Waals surface area contributed by atoms with Gasteiger partial charge in [0.25, 0.3) is 0 Å². The van der Waals surface area contributed by atoms with Crippen molar-refractivity contribution in [3.8, 4) is 33.4 Å². The topological polar surface area (TPSA) is 26.3 Å². The molecule has 0 radical (unpaired) electrons. The summed E-state index contributed by atoms with van der Waals surface area (Å²) in [6.07, 6.45) is 0. The molecule has 0 N–H and O–H groups in total. The predicted octanol–water partition coefficient (Wildman–Crippen LogP) is 16.6. The number of fused-ring (bicyclic) bond motifs is 15. The molecule has 0 bridgehead atoms. The molecule has 0 saturated heterocycles. The highest BCUT2D eigenvalue weighted by Gasteiger charge is 2.46. The van der Waals surface area contributed by atoms with Crippen LogP contribution in [0.4, 0.5) is 0 Å². The molecule has 1 aliphatic rings. The summed E-state index contributed by atoms with van der Waals surface area (Å²) in [5.74, 6) is 0. The van der Waals surface area contributed by atoms with E-state index in [0.29, 0.717) is 0 Å². The fourth-order valence-electron chi connectivity index (χ4n) is 11.2. The lowest BCUT2D eigenvalue weighted by Gasteiger charge is -2.34. The summed E-state index contributed by atoms with van der Waals surface area (Å²) >= 11 is 0. The van der Waals surface area contributed by atoms with Crippen molar-refractivity contribution in [3.63, 3.8) is 0 Å². The molecule has 2 heterocycles. The molecule has 0 atom stereocenters. The van der Waals surface area contributed by atoms with E-state index in [9.17, 15) is 0 Å². The Morgan fingerprint density at radius 2 is 0.714 bits per heavy atom. The van der Waals surface area contributed by atoms with Crippen molar-refractivity contribution in [2.45, 2.75) is 5.41 Å². The normalized spacial score (nSPS) is 13.2. The fourth-order valence-corrected chi connectivity index (χ4v) is 11.2. The van der Waals surface area contributed by atoms with E-state index in [2.05, 4.69) is 206 Å². The van der Waals surface area contributed by atoms with Gasteiger partial charge in [-0.15, -0.1) is 0 Å². The molecule has 14 rings (SSSR count). The monoisotopic (exact) mass is 800 g/mol. The van der Waals surface area contributed by atoms with E-state index < -0.39 is 5.41 Å². The Hall–Kier alpha value is -8.20. The van der Waals surface area contributed by atoms with E-state index in [0.717, 1.165) is 49.4 Å². The van der Waals surface area contributed by atoms with Crippen LogP contribution in [0.25, 0.3) is 110 Å². The molecule has 0 amide bonds. The third-order valence-corrected chi connectivity index (χ3v) is 13.9. The Labute approximate surface area is 362 Å². The van der Waals surface area contributed by atoms with Gasteiger partial charge in [-0.25, -0.2) is 0 Å². The standard InChI is InChI=1S/C61H36O2/c1-3-14-40(15-4-1)61(41-16-5-2-6-17-41)54-23-11-9-21-48(54)60-42(22-13-24-55(60)61)39-27-30-46-45-29-26-37(32-49(45)43-18-7-8-19-44(43)50(46)34-39)38-28-31-57-51(33-38)53-36-58-52(35-59(53)63-57)47-20-10-12-25-56(47)62-58/h1-36H. The molecular weight excluding hydrogens is 765 g/mol. The Morgan fingerprint density at radius 1 is 0.254 bits per heavy atom. The summed E-state index contributed by atoms with van der Waals surface area (Å²) in [5.41, 5.74) is 15.6. The first-order valence-corrected chi connectivity index (χ1v) is 21.7. The van der Waals surface area contributed by atoms with Gasteiger partial charge in [0.1, 0.15) is 22.3 Å². The molecule has 0 spiro atoms. The van der Waals surface area contributed by atoms with Crippen LogP contribution in [0.1, 0.15) is 22.3 Å². The zero-order valence-corrected chi connectivity index (χ0v) is 34.1. The van der Waals surface area contributed by atoms with Gasteiger partial charge in [0.05, 0.1) is 5.41 Å². The van der Waals surface area contributed by atoms with Crippen LogP contribution >= 0.6 is 0 Å². The van der Waals surface area contributed by atoms with Gasteiger partial charge in [-0.1, -0.05) is 176 Å². The van der Waals surface area contributed by atoms with E-state index in [1.165, 1.54) is 82.4 Å². The van der Waals surface area contributed by atoms with Crippen molar-refractivity contribution in [3.05, 3.63) is 241 Å². The zero-order chi connectivity index (χ0) is 41.2. The maximum atomic E-state index is 6.44. The van der Waals surface area contributed by atoms with Gasteiger partial charge in [0.2, 0.25) is 0 Å². The molecule has 2 aromatic heterocycles. The van der Waals surface area contributed by atoms with Gasteiger partial charge in [0.15, 0.2) is 0 Å². The number of hydrogen-bond donors (Lipinski definition) is 0. The smallest absolute Gasteiger partial charge is 0.136 e. The molecule has 0 unspecified atom stereocenters. The third-order valence-electron chi connectivity index (χ3n) is 13.9. The van der Waals surface area contributed by atoms with Gasteiger partial charge < -0.3 is 8.83 Å². The van der Waals surface area contributed by atoms with Crippen LogP contribution in [0.15, 0.2) is 227 Å². The van der Waals surface area contributed by atoms with Crippen LogP contribution in [-0.2, 0) is 5.41 Å².